The van der Waals surface area contributed by atoms with E-state index in [1.807, 2.05) is 24.3 Å². The number of amides is 1. The fourth-order valence-corrected chi connectivity index (χ4v) is 3.10. The molecule has 6 heteroatoms. The van der Waals surface area contributed by atoms with Crippen LogP contribution in [0.5, 0.6) is 0 Å². The predicted molar refractivity (Wildman–Crippen MR) is 99.2 cm³/mol. The van der Waals surface area contributed by atoms with Gasteiger partial charge in [-0.3, -0.25) is 9.59 Å². The molecule has 1 amide bonds. The number of H-pyrrole nitrogens is 1. The molecule has 0 spiro atoms. The number of aromatic amines is 1. The first-order chi connectivity index (χ1) is 12.0. The van der Waals surface area contributed by atoms with Crippen molar-refractivity contribution in [2.75, 3.05) is 10.6 Å². The highest BCUT2D eigenvalue weighted by Crippen LogP contribution is 2.22. The lowest BCUT2D eigenvalue weighted by Gasteiger charge is -2.23. The van der Waals surface area contributed by atoms with Gasteiger partial charge in [0, 0.05) is 23.1 Å². The van der Waals surface area contributed by atoms with E-state index in [2.05, 4.69) is 20.6 Å². The summed E-state index contributed by atoms with van der Waals surface area (Å²) in [6.45, 7) is 3.51. The average molecular weight is 340 g/mol. The van der Waals surface area contributed by atoms with Crippen LogP contribution in [0, 0.1) is 13.8 Å². The number of anilines is 2. The van der Waals surface area contributed by atoms with E-state index < -0.39 is 11.5 Å². The molecular weight excluding hydrogens is 316 g/mol. The number of hydrogen-bond donors (Lipinski definition) is 3. The minimum absolute atomic E-state index is 0.118. The van der Waals surface area contributed by atoms with Crippen LogP contribution in [0.4, 0.5) is 11.4 Å². The summed E-state index contributed by atoms with van der Waals surface area (Å²) in [7, 11) is 0. The molecule has 0 bridgehead atoms. The minimum atomic E-state index is -0.502. The lowest BCUT2D eigenvalue weighted by Crippen LogP contribution is -2.26. The van der Waals surface area contributed by atoms with Gasteiger partial charge in [-0.05, 0) is 51.0 Å². The molecule has 0 radical (unpaired) electrons. The van der Waals surface area contributed by atoms with Gasteiger partial charge in [0.15, 0.2) is 5.69 Å². The molecule has 1 aromatic carbocycles. The maximum absolute atomic E-state index is 12.3. The Hall–Kier alpha value is -2.63. The van der Waals surface area contributed by atoms with Crippen molar-refractivity contribution in [3.63, 3.8) is 0 Å². The van der Waals surface area contributed by atoms with E-state index in [4.69, 9.17) is 0 Å². The van der Waals surface area contributed by atoms with Crippen LogP contribution in [-0.4, -0.2) is 21.9 Å². The van der Waals surface area contributed by atoms with Gasteiger partial charge >= 0.3 is 0 Å². The Kier molecular flexibility index (Phi) is 5.16. The summed E-state index contributed by atoms with van der Waals surface area (Å²) in [5.74, 6) is -0.502. The fourth-order valence-electron chi connectivity index (χ4n) is 3.10. The Morgan fingerprint density at radius 2 is 1.72 bits per heavy atom. The van der Waals surface area contributed by atoms with Crippen LogP contribution in [0.3, 0.4) is 0 Å². The third-order valence-electron chi connectivity index (χ3n) is 4.67. The van der Waals surface area contributed by atoms with Crippen molar-refractivity contribution in [3.05, 3.63) is 51.7 Å². The molecule has 0 unspecified atom stereocenters. The molecule has 1 saturated carbocycles. The molecule has 0 saturated heterocycles. The average Bonchev–Trinajstić information content (AvgIpc) is 2.60. The third kappa shape index (κ3) is 4.26. The van der Waals surface area contributed by atoms with Crippen molar-refractivity contribution in [2.24, 2.45) is 0 Å². The van der Waals surface area contributed by atoms with E-state index in [-0.39, 0.29) is 5.69 Å². The molecule has 1 aliphatic rings. The van der Waals surface area contributed by atoms with Crippen molar-refractivity contribution in [2.45, 2.75) is 52.0 Å². The van der Waals surface area contributed by atoms with E-state index in [1.54, 1.807) is 13.8 Å². The smallest absolute Gasteiger partial charge is 0.280 e. The van der Waals surface area contributed by atoms with Gasteiger partial charge in [-0.2, -0.15) is 0 Å². The van der Waals surface area contributed by atoms with E-state index in [0.717, 1.165) is 5.69 Å². The normalized spacial score (nSPS) is 15.0. The Labute approximate surface area is 147 Å². The second kappa shape index (κ2) is 7.51. The number of hydrogen-bond acceptors (Lipinski definition) is 4. The van der Waals surface area contributed by atoms with Gasteiger partial charge in [0.2, 0.25) is 0 Å². The van der Waals surface area contributed by atoms with Crippen LogP contribution in [0.1, 0.15) is 54.0 Å². The van der Waals surface area contributed by atoms with Gasteiger partial charge in [-0.1, -0.05) is 19.3 Å². The van der Waals surface area contributed by atoms with Crippen molar-refractivity contribution < 1.29 is 4.79 Å². The Morgan fingerprint density at radius 1 is 1.08 bits per heavy atom. The topological polar surface area (TPSA) is 86.9 Å². The van der Waals surface area contributed by atoms with Gasteiger partial charge < -0.3 is 15.6 Å². The summed E-state index contributed by atoms with van der Waals surface area (Å²) in [5, 5.41) is 6.26. The highest BCUT2D eigenvalue weighted by molar-refractivity contribution is 6.02. The molecule has 1 aliphatic carbocycles. The summed E-state index contributed by atoms with van der Waals surface area (Å²) in [6.07, 6.45) is 6.31. The van der Waals surface area contributed by atoms with E-state index in [9.17, 15) is 9.59 Å². The summed E-state index contributed by atoms with van der Waals surface area (Å²) >= 11 is 0. The number of nitrogens with zero attached hydrogens (tertiary/aromatic N) is 1. The lowest BCUT2D eigenvalue weighted by molar-refractivity contribution is 0.102. The number of aromatic nitrogens is 2. The van der Waals surface area contributed by atoms with Crippen LogP contribution in [0.25, 0.3) is 0 Å². The largest absolute Gasteiger partial charge is 0.382 e. The molecule has 1 heterocycles. The van der Waals surface area contributed by atoms with Gasteiger partial charge in [0.05, 0.1) is 5.69 Å². The summed E-state index contributed by atoms with van der Waals surface area (Å²) in [5.41, 5.74) is 2.39. The maximum atomic E-state index is 12.3. The zero-order valence-electron chi connectivity index (χ0n) is 14.7. The highest BCUT2D eigenvalue weighted by atomic mass is 16.2. The number of rotatable bonds is 4. The SMILES string of the molecule is Cc1nc(C(=O)Nc2ccc(NC3CCCCC3)cc2)c(=O)[nH]c1C. The molecule has 1 aromatic heterocycles. The summed E-state index contributed by atoms with van der Waals surface area (Å²) in [6, 6.07) is 8.09. The monoisotopic (exact) mass is 340 g/mol. The van der Waals surface area contributed by atoms with Crippen molar-refractivity contribution in [3.8, 4) is 0 Å². The van der Waals surface area contributed by atoms with Gasteiger partial charge in [-0.25, -0.2) is 4.98 Å². The molecule has 0 aliphatic heterocycles. The number of aryl methyl sites for hydroxylation is 2. The van der Waals surface area contributed by atoms with Gasteiger partial charge in [0.1, 0.15) is 0 Å². The standard InChI is InChI=1S/C19H24N4O2/c1-12-13(2)21-18(24)17(20-12)19(25)23-16-10-8-15(9-11-16)22-14-6-4-3-5-7-14/h8-11,14,22H,3-7H2,1-2H3,(H,21,24)(H,23,25). The summed E-state index contributed by atoms with van der Waals surface area (Å²) in [4.78, 5) is 30.9. The molecular formula is C19H24N4O2. The number of carbonyl (C=O) groups excluding carboxylic acids is 1. The molecule has 25 heavy (non-hydrogen) atoms. The Bertz CT molecular complexity index is 805. The van der Waals surface area contributed by atoms with Crippen LogP contribution in [0.15, 0.2) is 29.1 Å². The van der Waals surface area contributed by atoms with Gasteiger partial charge in [-0.15, -0.1) is 0 Å². The molecule has 132 valence electrons. The van der Waals surface area contributed by atoms with Gasteiger partial charge in [0.25, 0.3) is 11.5 Å². The Morgan fingerprint density at radius 3 is 2.40 bits per heavy atom. The zero-order chi connectivity index (χ0) is 17.8. The highest BCUT2D eigenvalue weighted by Gasteiger charge is 2.15. The maximum Gasteiger partial charge on any atom is 0.280 e. The molecule has 1 fully saturated rings. The number of benzene rings is 1. The lowest BCUT2D eigenvalue weighted by atomic mass is 9.95. The van der Waals surface area contributed by atoms with E-state index in [0.29, 0.717) is 23.1 Å². The van der Waals surface area contributed by atoms with Crippen LogP contribution >= 0.6 is 0 Å². The number of carbonyl (C=O) groups is 1. The number of nitrogens with one attached hydrogen (secondary N) is 3. The molecule has 3 N–H and O–H groups in total. The van der Waals surface area contributed by atoms with Crippen molar-refractivity contribution >= 4 is 17.3 Å². The van der Waals surface area contributed by atoms with Crippen molar-refractivity contribution in [1.82, 2.24) is 9.97 Å². The first kappa shape index (κ1) is 17.2. The van der Waals surface area contributed by atoms with Crippen LogP contribution in [0.2, 0.25) is 0 Å². The molecule has 3 rings (SSSR count). The van der Waals surface area contributed by atoms with E-state index >= 15 is 0 Å². The molecule has 2 aromatic rings. The first-order valence-corrected chi connectivity index (χ1v) is 8.78. The van der Waals surface area contributed by atoms with Crippen molar-refractivity contribution in [1.29, 1.82) is 0 Å². The second-order valence-corrected chi connectivity index (χ2v) is 6.64. The van der Waals surface area contributed by atoms with Crippen LogP contribution < -0.4 is 16.2 Å². The predicted octanol–water partition coefficient (Wildman–Crippen LogP) is 3.38. The zero-order valence-corrected chi connectivity index (χ0v) is 14.7. The molecule has 6 nitrogen and oxygen atoms in total. The minimum Gasteiger partial charge on any atom is -0.382 e. The van der Waals surface area contributed by atoms with E-state index in [1.165, 1.54) is 32.1 Å². The first-order valence-electron chi connectivity index (χ1n) is 8.78. The quantitative estimate of drug-likeness (QED) is 0.796. The Balaban J connectivity index is 1.66. The van der Waals surface area contributed by atoms with Crippen LogP contribution in [-0.2, 0) is 0 Å². The summed E-state index contributed by atoms with van der Waals surface area (Å²) < 4.78 is 0. The third-order valence-corrected chi connectivity index (χ3v) is 4.67. The fraction of sp³-hybridized carbons (Fsp3) is 0.421. The molecule has 0 atom stereocenters. The second-order valence-electron chi connectivity index (χ2n) is 6.64.